The summed E-state index contributed by atoms with van der Waals surface area (Å²) in [7, 11) is 0. The number of fused-ring (bicyclic) bond motifs is 7. The van der Waals surface area contributed by atoms with Gasteiger partial charge in [-0.25, -0.2) is 9.55 Å². The van der Waals surface area contributed by atoms with Gasteiger partial charge in [0.15, 0.2) is 5.69 Å². The van der Waals surface area contributed by atoms with Crippen molar-refractivity contribution in [3.63, 3.8) is 0 Å². The molecular weight excluding hydrogens is 252 g/mol. The second-order valence-electron chi connectivity index (χ2n) is 4.88. The van der Waals surface area contributed by atoms with Gasteiger partial charge in [-0.05, 0) is 6.07 Å². The van der Waals surface area contributed by atoms with E-state index in [2.05, 4.69) is 9.97 Å². The third-order valence-electron chi connectivity index (χ3n) is 3.82. The maximum Gasteiger partial charge on any atom is 0.339 e. The van der Waals surface area contributed by atoms with E-state index in [1.807, 2.05) is 16.7 Å². The van der Waals surface area contributed by atoms with Crippen molar-refractivity contribution in [3.05, 3.63) is 42.4 Å². The van der Waals surface area contributed by atoms with Crippen molar-refractivity contribution < 1.29 is 13.1 Å². The van der Waals surface area contributed by atoms with Crippen molar-refractivity contribution >= 4 is 22.2 Å². The van der Waals surface area contributed by atoms with Crippen molar-refractivity contribution in [2.45, 2.75) is 6.54 Å². The Hall–Kier alpha value is -2.69. The van der Waals surface area contributed by atoms with Gasteiger partial charge in [0.2, 0.25) is 5.52 Å². The lowest BCUT2D eigenvalue weighted by Crippen LogP contribution is -2.29. The molecule has 0 saturated heterocycles. The molecule has 5 rings (SSSR count). The highest BCUT2D eigenvalue weighted by Crippen LogP contribution is 2.35. The minimum atomic E-state index is -2.36. The Balaban J connectivity index is 2.01. The Kier molecular flexibility index (Phi) is 1.27. The van der Waals surface area contributed by atoms with Crippen LogP contribution in [0.1, 0.15) is 9.68 Å². The van der Waals surface area contributed by atoms with E-state index in [1.165, 1.54) is 4.57 Å². The number of pyridine rings is 2. The number of nitrogens with zero attached hydrogens (tertiary/aromatic N) is 4. The molecule has 0 saturated carbocycles. The molecule has 5 nitrogen and oxygen atoms in total. The van der Waals surface area contributed by atoms with Gasteiger partial charge in [0.25, 0.3) is 0 Å². The molecule has 0 radical (unpaired) electrons. The summed E-state index contributed by atoms with van der Waals surface area (Å²) in [6.07, 6.45) is 5.01. The van der Waals surface area contributed by atoms with Crippen LogP contribution in [0.5, 0.6) is 0 Å². The van der Waals surface area contributed by atoms with Gasteiger partial charge >= 0.3 is 11.5 Å². The molecular formula is C15H11N4O+. The van der Waals surface area contributed by atoms with Gasteiger partial charge in [0, 0.05) is 30.2 Å². The van der Waals surface area contributed by atoms with Crippen LogP contribution in [0.15, 0.2) is 41.2 Å². The third-order valence-corrected chi connectivity index (χ3v) is 3.82. The predicted octanol–water partition coefficient (Wildman–Crippen LogP) is 2.03. The van der Waals surface area contributed by atoms with Gasteiger partial charge in [-0.2, -0.15) is 4.57 Å². The molecule has 0 unspecified atom stereocenters. The van der Waals surface area contributed by atoms with Gasteiger partial charge in [-0.3, -0.25) is 4.98 Å². The summed E-state index contributed by atoms with van der Waals surface area (Å²) in [5.74, 6) is 0.556. The second-order valence-corrected chi connectivity index (χ2v) is 4.88. The fourth-order valence-corrected chi connectivity index (χ4v) is 2.98. The normalized spacial score (nSPS) is 15.9. The first-order valence-corrected chi connectivity index (χ1v) is 6.31. The molecule has 1 aliphatic heterocycles. The number of aryl methyl sites for hydroxylation is 1. The van der Waals surface area contributed by atoms with E-state index >= 15 is 0 Å². The van der Waals surface area contributed by atoms with Crippen LogP contribution < -0.4 is 4.57 Å². The van der Waals surface area contributed by atoms with E-state index in [0.717, 1.165) is 16.5 Å². The lowest BCUT2D eigenvalue weighted by molar-refractivity contribution is -0.640. The lowest BCUT2D eigenvalue weighted by Gasteiger charge is -1.92. The summed E-state index contributed by atoms with van der Waals surface area (Å²) in [6.45, 7) is -1.79. The molecule has 0 bridgehead atoms. The molecule has 0 amide bonds. The number of imidazole rings is 1. The monoisotopic (exact) mass is 266 g/mol. The maximum absolute atomic E-state index is 7.93. The Bertz CT molecular complexity index is 1090. The highest BCUT2D eigenvalue weighted by molar-refractivity contribution is 6.01. The standard InChI is InChI=1S/C15H11N4O/c1-18-14-12-9(3-2-5-17-12)8-19(14)13-10-7-16-6-4-11(10)20-15(13)18/h2-7H,8H2,1H3/q+1/i1D3. The number of furan rings is 1. The van der Waals surface area contributed by atoms with Gasteiger partial charge < -0.3 is 4.42 Å². The Morgan fingerprint density at radius 1 is 1.40 bits per heavy atom. The fourth-order valence-electron chi connectivity index (χ4n) is 2.98. The number of hydrogen-bond acceptors (Lipinski definition) is 3. The first kappa shape index (κ1) is 7.79. The first-order valence-electron chi connectivity index (χ1n) is 7.81. The SMILES string of the molecule is [2H]C([2H])([2H])[n+]1c2n(c3c4cnccc4oc31)Cc1cccnc1-2. The molecule has 4 aromatic heterocycles. The van der Waals surface area contributed by atoms with Crippen LogP contribution in [0.2, 0.25) is 0 Å². The molecule has 0 aromatic carbocycles. The molecule has 5 heterocycles. The van der Waals surface area contributed by atoms with Gasteiger partial charge in [-0.1, -0.05) is 6.07 Å². The molecule has 0 N–H and O–H groups in total. The molecule has 0 aliphatic carbocycles. The zero-order chi connectivity index (χ0) is 15.8. The number of rotatable bonds is 0. The van der Waals surface area contributed by atoms with Crippen LogP contribution in [0.25, 0.3) is 33.7 Å². The molecule has 0 fully saturated rings. The largest absolute Gasteiger partial charge is 0.419 e. The lowest BCUT2D eigenvalue weighted by atomic mass is 10.2. The minimum Gasteiger partial charge on any atom is -0.419 e. The van der Waals surface area contributed by atoms with Crippen LogP contribution in [0.4, 0.5) is 0 Å². The summed E-state index contributed by atoms with van der Waals surface area (Å²) >= 11 is 0. The Morgan fingerprint density at radius 3 is 3.35 bits per heavy atom. The Labute approximate surface area is 118 Å². The van der Waals surface area contributed by atoms with E-state index in [0.29, 0.717) is 29.4 Å². The summed E-state index contributed by atoms with van der Waals surface area (Å²) in [5.41, 5.74) is 3.39. The zero-order valence-corrected chi connectivity index (χ0v) is 10.4. The van der Waals surface area contributed by atoms with E-state index in [-0.39, 0.29) is 0 Å². The van der Waals surface area contributed by atoms with Crippen LogP contribution in [0, 0.1) is 0 Å². The highest BCUT2D eigenvalue weighted by Gasteiger charge is 2.36. The smallest absolute Gasteiger partial charge is 0.339 e. The van der Waals surface area contributed by atoms with Crippen LogP contribution in [-0.4, -0.2) is 14.5 Å². The van der Waals surface area contributed by atoms with Gasteiger partial charge in [0.05, 0.1) is 16.5 Å². The van der Waals surface area contributed by atoms with E-state index in [9.17, 15) is 0 Å². The van der Waals surface area contributed by atoms with Crippen molar-refractivity contribution in [3.8, 4) is 11.5 Å². The van der Waals surface area contributed by atoms with Crippen LogP contribution in [-0.2, 0) is 13.5 Å². The van der Waals surface area contributed by atoms with Crippen molar-refractivity contribution in [2.24, 2.45) is 6.98 Å². The zero-order valence-electron chi connectivity index (χ0n) is 13.4. The van der Waals surface area contributed by atoms with Crippen LogP contribution >= 0.6 is 0 Å². The van der Waals surface area contributed by atoms with E-state index in [4.69, 9.17) is 8.53 Å². The Morgan fingerprint density at radius 2 is 2.40 bits per heavy atom. The molecule has 20 heavy (non-hydrogen) atoms. The molecule has 4 aromatic rings. The summed E-state index contributed by atoms with van der Waals surface area (Å²) in [4.78, 5) is 8.52. The third kappa shape index (κ3) is 1.02. The molecule has 5 heteroatoms. The highest BCUT2D eigenvalue weighted by atomic mass is 16.3. The maximum atomic E-state index is 7.93. The second kappa shape index (κ2) is 3.25. The average molecular weight is 266 g/mol. The average Bonchev–Trinajstić information content (AvgIpc) is 3.12. The first-order chi connectivity index (χ1) is 11.1. The topological polar surface area (TPSA) is 47.7 Å². The molecule has 0 spiro atoms. The molecule has 1 aliphatic rings. The minimum absolute atomic E-state index is 0.333. The van der Waals surface area contributed by atoms with Crippen molar-refractivity contribution in [1.29, 1.82) is 0 Å². The van der Waals surface area contributed by atoms with Gasteiger partial charge in [-0.15, -0.1) is 0 Å². The number of hydrogen-bond donors (Lipinski definition) is 0. The summed E-state index contributed by atoms with van der Waals surface area (Å²) in [6, 6.07) is 5.56. The van der Waals surface area contributed by atoms with Crippen LogP contribution in [0.3, 0.4) is 0 Å². The van der Waals surface area contributed by atoms with Gasteiger partial charge in [0.1, 0.15) is 12.1 Å². The summed E-state index contributed by atoms with van der Waals surface area (Å²) in [5, 5.41) is 0.805. The fraction of sp³-hybridized carbons (Fsp3) is 0.133. The quantitative estimate of drug-likeness (QED) is 0.403. The van der Waals surface area contributed by atoms with Crippen molar-refractivity contribution in [2.75, 3.05) is 0 Å². The summed E-state index contributed by atoms with van der Waals surface area (Å²) < 4.78 is 32.9. The molecule has 0 atom stereocenters. The predicted molar refractivity (Wildman–Crippen MR) is 73.0 cm³/mol. The van der Waals surface area contributed by atoms with E-state index in [1.54, 1.807) is 24.7 Å². The number of aromatic nitrogens is 4. The molecule has 96 valence electrons. The van der Waals surface area contributed by atoms with E-state index < -0.39 is 6.98 Å². The van der Waals surface area contributed by atoms with Crippen molar-refractivity contribution in [1.82, 2.24) is 14.5 Å².